The summed E-state index contributed by atoms with van der Waals surface area (Å²) in [5.74, 6) is -5.73. The van der Waals surface area contributed by atoms with Crippen molar-refractivity contribution in [3.8, 4) is 0 Å². The number of imidazole rings is 1. The highest BCUT2D eigenvalue weighted by Gasteiger charge is 2.34. The molecule has 0 bridgehead atoms. The molecule has 0 spiro atoms. The Morgan fingerprint density at radius 3 is 2.06 bits per heavy atom. The number of amides is 7. The minimum atomic E-state index is -1.37. The molecule has 3 aromatic carbocycles. The van der Waals surface area contributed by atoms with Crippen molar-refractivity contribution in [2.45, 2.75) is 81.6 Å². The lowest BCUT2D eigenvalue weighted by molar-refractivity contribution is -0.134. The van der Waals surface area contributed by atoms with Gasteiger partial charge in [-0.3, -0.25) is 38.6 Å². The number of carbonyl (C=O) groups excluding carboxylic acids is 7. The normalized spacial score (nSPS) is 20.2. The molecule has 4 heterocycles. The lowest BCUT2D eigenvalue weighted by atomic mass is 9.99. The van der Waals surface area contributed by atoms with Crippen LogP contribution in [0.15, 0.2) is 103 Å². The fourth-order valence-electron chi connectivity index (χ4n) is 8.17. The summed E-state index contributed by atoms with van der Waals surface area (Å²) < 4.78 is 0. The van der Waals surface area contributed by atoms with Crippen LogP contribution in [0.2, 0.25) is 0 Å². The first-order chi connectivity index (χ1) is 33.8. The molecule has 1 aliphatic rings. The minimum absolute atomic E-state index is 0.0258. The number of aromatic nitrogens is 5. The molecule has 3 aromatic heterocycles. The fourth-order valence-corrected chi connectivity index (χ4v) is 8.17. The smallest absolute Gasteiger partial charge is 0.273 e. The highest BCUT2D eigenvalue weighted by atomic mass is 16.2. The third-order valence-electron chi connectivity index (χ3n) is 11.8. The van der Waals surface area contributed by atoms with Crippen LogP contribution in [-0.2, 0) is 43.2 Å². The van der Waals surface area contributed by atoms with Crippen LogP contribution in [0.4, 0.5) is 0 Å². The van der Waals surface area contributed by atoms with Gasteiger partial charge in [0.2, 0.25) is 29.5 Å². The molecule has 22 heteroatoms. The maximum atomic E-state index is 14.8. The molecule has 7 amide bonds. The number of H-pyrrole nitrogens is 2. The van der Waals surface area contributed by atoms with Crippen molar-refractivity contribution < 1.29 is 33.6 Å². The average Bonchev–Trinajstić information content (AvgIpc) is 4.03. The van der Waals surface area contributed by atoms with Crippen LogP contribution in [0.1, 0.15) is 69.9 Å². The second kappa shape index (κ2) is 23.4. The number of fused-ring (bicyclic) bond motifs is 3. The van der Waals surface area contributed by atoms with E-state index in [1.165, 1.54) is 24.9 Å². The molecule has 70 heavy (non-hydrogen) atoms. The van der Waals surface area contributed by atoms with Crippen LogP contribution in [0.3, 0.4) is 0 Å². The van der Waals surface area contributed by atoms with E-state index in [9.17, 15) is 33.6 Å². The SMILES string of the molecule is NC(=O)[C@@H]1CCCCNC(=O)c2nccnc2C(=O)N[C@@H](Cc2cnc[nH]2)C(=O)N[C@H](Cc2ccc3ccccc3c2)C(=O)N[C@@H](CCCN=C(N)N)C(=O)N[C@@H](Cc2c[nH]c3ccccc23)C(=O)N1. The first kappa shape index (κ1) is 49.2. The number of para-hydroxylation sites is 1. The van der Waals surface area contributed by atoms with E-state index in [2.05, 4.69) is 61.8 Å². The summed E-state index contributed by atoms with van der Waals surface area (Å²) in [4.78, 5) is 121. The van der Waals surface area contributed by atoms with Gasteiger partial charge in [-0.1, -0.05) is 60.7 Å². The van der Waals surface area contributed by atoms with E-state index in [1.54, 1.807) is 6.20 Å². The standard InChI is InChI=1S/C48H55N15O7/c49-41(64)34-12-5-6-16-55-46(69)39-40(54-19-18-53-39)47(70)63-38(23-31-25-52-26-58-31)45(68)61-36(21-27-14-15-28-8-1-2-9-29(28)20-27)43(66)60-35(13-7-17-56-48(50)51)42(65)62-37(44(67)59-34)22-30-24-57-33-11-4-3-10-32(30)33/h1-4,8-11,14-15,18-20,24-26,34-38,57H,5-7,12-13,16-17,21-23H2,(H2,49,64)(H,52,58)(H,55,69)(H,59,67)(H,60,66)(H,61,68)(H,62,65)(H,63,70)(H4,50,51,56)/t34-,35-,36+,37-,38-/m0/s1. The second-order valence-electron chi connectivity index (χ2n) is 16.9. The average molecular weight is 954 g/mol. The summed E-state index contributed by atoms with van der Waals surface area (Å²) >= 11 is 0. The highest BCUT2D eigenvalue weighted by Crippen LogP contribution is 2.21. The van der Waals surface area contributed by atoms with Crippen LogP contribution in [-0.4, -0.2) is 116 Å². The first-order valence-electron chi connectivity index (χ1n) is 22.8. The molecule has 6 aromatic rings. The van der Waals surface area contributed by atoms with E-state index >= 15 is 0 Å². The lowest BCUT2D eigenvalue weighted by Crippen LogP contribution is -2.60. The number of rotatable bonds is 11. The summed E-state index contributed by atoms with van der Waals surface area (Å²) in [5, 5.41) is 19.1. The number of aliphatic imine (C=N–C) groups is 1. The summed E-state index contributed by atoms with van der Waals surface area (Å²) in [6, 6.07) is 14.0. The Balaban J connectivity index is 1.27. The number of hydrogen-bond donors (Lipinski definition) is 11. The number of primary amides is 1. The van der Waals surface area contributed by atoms with Gasteiger partial charge in [0.1, 0.15) is 30.2 Å². The Morgan fingerprint density at radius 2 is 1.33 bits per heavy atom. The Labute approximate surface area is 401 Å². The number of guanidine groups is 1. The summed E-state index contributed by atoms with van der Waals surface area (Å²) in [7, 11) is 0. The predicted octanol–water partition coefficient (Wildman–Crippen LogP) is 0.0525. The van der Waals surface area contributed by atoms with Crippen molar-refractivity contribution in [2.24, 2.45) is 22.2 Å². The van der Waals surface area contributed by atoms with Gasteiger partial charge in [0.05, 0.1) is 6.33 Å². The van der Waals surface area contributed by atoms with Gasteiger partial charge in [-0.2, -0.15) is 0 Å². The number of carbonyl (C=O) groups is 7. The van der Waals surface area contributed by atoms with Crippen LogP contribution in [0.5, 0.6) is 0 Å². The van der Waals surface area contributed by atoms with Crippen molar-refractivity contribution in [1.82, 2.24) is 56.8 Å². The molecule has 0 fully saturated rings. The molecular weight excluding hydrogens is 899 g/mol. The molecule has 14 N–H and O–H groups in total. The van der Waals surface area contributed by atoms with Gasteiger partial charge >= 0.3 is 0 Å². The van der Waals surface area contributed by atoms with Crippen LogP contribution >= 0.6 is 0 Å². The van der Waals surface area contributed by atoms with Crippen molar-refractivity contribution in [1.29, 1.82) is 0 Å². The zero-order chi connectivity index (χ0) is 49.6. The molecule has 0 unspecified atom stereocenters. The Kier molecular flexibility index (Phi) is 16.4. The Bertz CT molecular complexity index is 2880. The van der Waals surface area contributed by atoms with Crippen molar-refractivity contribution in [3.63, 3.8) is 0 Å². The topological polar surface area (TPSA) is 352 Å². The number of aromatic amines is 2. The first-order valence-corrected chi connectivity index (χ1v) is 22.8. The van der Waals surface area contributed by atoms with E-state index in [1.807, 2.05) is 66.7 Å². The monoisotopic (exact) mass is 953 g/mol. The van der Waals surface area contributed by atoms with Gasteiger partial charge in [0, 0.05) is 73.7 Å². The zero-order valence-corrected chi connectivity index (χ0v) is 38.1. The highest BCUT2D eigenvalue weighted by molar-refractivity contribution is 6.06. The van der Waals surface area contributed by atoms with Gasteiger partial charge < -0.3 is 59.1 Å². The molecule has 364 valence electrons. The van der Waals surface area contributed by atoms with E-state index in [-0.39, 0.29) is 69.0 Å². The molecule has 5 atom stereocenters. The molecule has 22 nitrogen and oxygen atoms in total. The molecule has 0 saturated heterocycles. The zero-order valence-electron chi connectivity index (χ0n) is 38.1. The maximum absolute atomic E-state index is 14.8. The van der Waals surface area contributed by atoms with Crippen LogP contribution in [0, 0.1) is 0 Å². The molecule has 0 radical (unpaired) electrons. The summed E-state index contributed by atoms with van der Waals surface area (Å²) in [6.45, 7) is 0.159. The van der Waals surface area contributed by atoms with Crippen LogP contribution in [0.25, 0.3) is 21.7 Å². The predicted molar refractivity (Wildman–Crippen MR) is 258 cm³/mol. The number of nitrogens with one attached hydrogen (secondary N) is 8. The van der Waals surface area contributed by atoms with E-state index in [4.69, 9.17) is 17.2 Å². The fraction of sp³-hybridized carbons (Fsp3) is 0.312. The third kappa shape index (κ3) is 13.0. The third-order valence-corrected chi connectivity index (χ3v) is 11.8. The molecular formula is C48H55N15O7. The summed E-state index contributed by atoms with van der Waals surface area (Å²) in [5.41, 5.74) is 18.8. The van der Waals surface area contributed by atoms with Crippen molar-refractivity contribution in [2.75, 3.05) is 13.1 Å². The van der Waals surface area contributed by atoms with E-state index < -0.39 is 71.6 Å². The van der Waals surface area contributed by atoms with Gasteiger partial charge in [0.15, 0.2) is 17.3 Å². The van der Waals surface area contributed by atoms with Gasteiger partial charge in [-0.25, -0.2) is 15.0 Å². The largest absolute Gasteiger partial charge is 0.370 e. The van der Waals surface area contributed by atoms with Crippen molar-refractivity contribution in [3.05, 3.63) is 126 Å². The van der Waals surface area contributed by atoms with Gasteiger partial charge in [-0.05, 0) is 60.1 Å². The number of hydrogen-bond acceptors (Lipinski definition) is 11. The number of benzene rings is 3. The number of nitrogens with two attached hydrogens (primary N) is 3. The van der Waals surface area contributed by atoms with Gasteiger partial charge in [-0.15, -0.1) is 0 Å². The Morgan fingerprint density at radius 1 is 0.671 bits per heavy atom. The maximum Gasteiger partial charge on any atom is 0.273 e. The lowest BCUT2D eigenvalue weighted by Gasteiger charge is -2.27. The second-order valence-corrected chi connectivity index (χ2v) is 16.9. The minimum Gasteiger partial charge on any atom is -0.370 e. The van der Waals surface area contributed by atoms with E-state index in [0.29, 0.717) is 29.7 Å². The quantitative estimate of drug-likeness (QED) is 0.0467. The molecule has 1 aliphatic heterocycles. The molecule has 0 saturated carbocycles. The Hall–Kier alpha value is -8.69. The number of nitrogens with zero attached hydrogens (tertiary/aromatic N) is 4. The van der Waals surface area contributed by atoms with Gasteiger partial charge in [0.25, 0.3) is 11.8 Å². The molecule has 7 rings (SSSR count). The summed E-state index contributed by atoms with van der Waals surface area (Å²) in [6.07, 6.45) is 7.65. The molecule has 0 aliphatic carbocycles. The van der Waals surface area contributed by atoms with E-state index in [0.717, 1.165) is 21.7 Å². The van der Waals surface area contributed by atoms with Crippen LogP contribution < -0.4 is 49.1 Å². The van der Waals surface area contributed by atoms with Crippen molar-refractivity contribution >= 4 is 69.0 Å².